The Balaban J connectivity index is 1.67. The number of esters is 3. The van der Waals surface area contributed by atoms with E-state index in [-0.39, 0.29) is 22.7 Å². The summed E-state index contributed by atoms with van der Waals surface area (Å²) in [5, 5.41) is 0. The van der Waals surface area contributed by atoms with Crippen LogP contribution in [0, 0.1) is 0 Å². The molecule has 2 aromatic rings. The number of aliphatic imine (C=N–C) groups is 1. The second-order valence-electron chi connectivity index (χ2n) is 11.0. The molecule has 0 radical (unpaired) electrons. The molecular formula is C30H32N4O10S. The molecule has 1 fully saturated rings. The maximum atomic E-state index is 14.7. The van der Waals surface area contributed by atoms with Crippen molar-refractivity contribution in [3.63, 3.8) is 0 Å². The van der Waals surface area contributed by atoms with E-state index in [0.29, 0.717) is 41.6 Å². The number of fused-ring (bicyclic) bond motifs is 2. The standard InChI is InChI=1S/C30H32N4O10S/c1-32-11-12-44-22-14-17(8-10-20(22)32)45(38,39)34-21(26(35)41-4)15-30-18-13-16(40-3)7-9-19(18)33(2)25(30)23(27(36)42-5)24(28(37)43-6)31-29(30)34/h7-10,13-14,21,25H,11-12,15H2,1-6H3/t21-,25-,30-/m0/s1. The first-order chi connectivity index (χ1) is 21.5. The van der Waals surface area contributed by atoms with Gasteiger partial charge in [-0.1, -0.05) is 0 Å². The largest absolute Gasteiger partial charge is 0.497 e. The summed E-state index contributed by atoms with van der Waals surface area (Å²) in [6, 6.07) is 7.19. The van der Waals surface area contributed by atoms with Crippen LogP contribution in [-0.4, -0.2) is 104 Å². The second-order valence-corrected chi connectivity index (χ2v) is 12.8. The number of rotatable bonds is 6. The predicted octanol–water partition coefficient (Wildman–Crippen LogP) is 1.23. The van der Waals surface area contributed by atoms with E-state index in [9.17, 15) is 22.8 Å². The zero-order valence-corrected chi connectivity index (χ0v) is 26.3. The van der Waals surface area contributed by atoms with Crippen molar-refractivity contribution in [3.8, 4) is 11.5 Å². The molecule has 0 N–H and O–H groups in total. The van der Waals surface area contributed by atoms with Gasteiger partial charge in [0, 0.05) is 25.8 Å². The molecule has 2 aromatic carbocycles. The SMILES string of the molecule is COC(=O)C1=C(C(=O)OC)[C@@H]2N(C)c3ccc(OC)cc3[C@@]23C[C@@H](C(=O)OC)N(S(=O)(=O)c2ccc4c(c2)OCCN4C)C3=N1. The van der Waals surface area contributed by atoms with Crippen molar-refractivity contribution in [2.75, 3.05) is 65.5 Å². The highest BCUT2D eigenvalue weighted by Gasteiger charge is 2.68. The molecule has 4 aliphatic heterocycles. The Kier molecular flexibility index (Phi) is 7.18. The van der Waals surface area contributed by atoms with Gasteiger partial charge in [-0.3, -0.25) is 0 Å². The number of sulfonamides is 1. The highest BCUT2D eigenvalue weighted by Crippen LogP contribution is 2.58. The molecule has 4 heterocycles. The fraction of sp³-hybridized carbons (Fsp3) is 0.400. The highest BCUT2D eigenvalue weighted by atomic mass is 32.2. The number of ether oxygens (including phenoxy) is 5. The van der Waals surface area contributed by atoms with E-state index < -0.39 is 51.1 Å². The van der Waals surface area contributed by atoms with E-state index in [1.54, 1.807) is 36.2 Å². The number of methoxy groups -OCH3 is 4. The lowest BCUT2D eigenvalue weighted by Gasteiger charge is -2.39. The summed E-state index contributed by atoms with van der Waals surface area (Å²) in [6.45, 7) is 0.978. The van der Waals surface area contributed by atoms with Crippen molar-refractivity contribution >= 4 is 45.1 Å². The fourth-order valence-corrected chi connectivity index (χ4v) is 8.53. The summed E-state index contributed by atoms with van der Waals surface area (Å²) in [4.78, 5) is 48.3. The molecule has 14 nitrogen and oxygen atoms in total. The third kappa shape index (κ3) is 4.16. The quantitative estimate of drug-likeness (QED) is 0.330. The highest BCUT2D eigenvalue weighted by molar-refractivity contribution is 7.89. The Morgan fingerprint density at radius 2 is 1.67 bits per heavy atom. The van der Waals surface area contributed by atoms with Gasteiger partial charge in [-0.15, -0.1) is 0 Å². The van der Waals surface area contributed by atoms with Crippen molar-refractivity contribution < 1.29 is 46.5 Å². The number of benzene rings is 2. The number of carbonyl (C=O) groups is 3. The lowest BCUT2D eigenvalue weighted by atomic mass is 9.69. The molecule has 0 bridgehead atoms. The third-order valence-corrected chi connectivity index (χ3v) is 10.7. The van der Waals surface area contributed by atoms with Crippen molar-refractivity contribution in [3.05, 3.63) is 53.2 Å². The van der Waals surface area contributed by atoms with Crippen molar-refractivity contribution in [1.82, 2.24) is 4.31 Å². The minimum Gasteiger partial charge on any atom is -0.497 e. The first-order valence-corrected chi connectivity index (χ1v) is 15.4. The van der Waals surface area contributed by atoms with Gasteiger partial charge in [-0.25, -0.2) is 32.1 Å². The number of likely N-dealkylation sites (N-methyl/N-ethyl adjacent to an activating group) is 2. The Hall–Kier alpha value is -4.79. The van der Waals surface area contributed by atoms with Gasteiger partial charge in [-0.2, -0.15) is 0 Å². The number of carbonyl (C=O) groups excluding carboxylic acids is 3. The lowest BCUT2D eigenvalue weighted by Crippen LogP contribution is -2.55. The number of amidine groups is 1. The number of nitrogens with zero attached hydrogens (tertiary/aromatic N) is 4. The summed E-state index contributed by atoms with van der Waals surface area (Å²) in [5.41, 5.74) is -0.174. The third-order valence-electron chi connectivity index (χ3n) is 8.91. The average molecular weight is 641 g/mol. The number of hydrogen-bond donors (Lipinski definition) is 0. The Morgan fingerprint density at radius 1 is 0.956 bits per heavy atom. The van der Waals surface area contributed by atoms with Crippen molar-refractivity contribution in [2.45, 2.75) is 28.8 Å². The molecule has 6 rings (SSSR count). The molecule has 238 valence electrons. The zero-order chi connectivity index (χ0) is 32.4. The first kappa shape index (κ1) is 30.2. The molecule has 0 unspecified atom stereocenters. The van der Waals surface area contributed by atoms with Gasteiger partial charge in [0.1, 0.15) is 30.0 Å². The van der Waals surface area contributed by atoms with Crippen LogP contribution < -0.4 is 19.3 Å². The molecule has 0 aliphatic carbocycles. The topological polar surface area (TPSA) is 154 Å². The fourth-order valence-electron chi connectivity index (χ4n) is 6.88. The van der Waals surface area contributed by atoms with Crippen LogP contribution in [0.3, 0.4) is 0 Å². The van der Waals surface area contributed by atoms with Gasteiger partial charge in [0.15, 0.2) is 5.70 Å². The van der Waals surface area contributed by atoms with Crippen LogP contribution in [0.5, 0.6) is 11.5 Å². The van der Waals surface area contributed by atoms with Crippen LogP contribution in [0.4, 0.5) is 11.4 Å². The van der Waals surface area contributed by atoms with E-state index in [4.69, 9.17) is 23.7 Å². The Labute approximate surface area is 259 Å². The minimum atomic E-state index is -4.58. The monoisotopic (exact) mass is 640 g/mol. The van der Waals surface area contributed by atoms with E-state index >= 15 is 0 Å². The average Bonchev–Trinajstić information content (AvgIpc) is 3.53. The van der Waals surface area contributed by atoms with E-state index in [1.807, 2.05) is 11.9 Å². The molecule has 0 saturated carbocycles. The first-order valence-electron chi connectivity index (χ1n) is 14.0. The van der Waals surface area contributed by atoms with Gasteiger partial charge in [0.25, 0.3) is 10.0 Å². The Bertz CT molecular complexity index is 1810. The van der Waals surface area contributed by atoms with Crippen LogP contribution in [0.25, 0.3) is 0 Å². The summed E-state index contributed by atoms with van der Waals surface area (Å²) in [5.74, 6) is -2.04. The van der Waals surface area contributed by atoms with Crippen LogP contribution in [-0.2, 0) is 44.0 Å². The van der Waals surface area contributed by atoms with Crippen LogP contribution in [0.15, 0.2) is 57.6 Å². The normalized spacial score (nSPS) is 23.2. The van der Waals surface area contributed by atoms with Crippen molar-refractivity contribution in [2.24, 2.45) is 4.99 Å². The number of anilines is 2. The van der Waals surface area contributed by atoms with Gasteiger partial charge in [-0.05, 0) is 42.3 Å². The molecule has 0 aromatic heterocycles. The van der Waals surface area contributed by atoms with E-state index in [2.05, 4.69) is 4.99 Å². The van der Waals surface area contributed by atoms with E-state index in [0.717, 1.165) is 18.5 Å². The van der Waals surface area contributed by atoms with Crippen LogP contribution in [0.1, 0.15) is 12.0 Å². The maximum Gasteiger partial charge on any atom is 0.357 e. The smallest absolute Gasteiger partial charge is 0.357 e. The molecule has 45 heavy (non-hydrogen) atoms. The molecular weight excluding hydrogens is 608 g/mol. The molecule has 1 spiro atoms. The molecule has 3 atom stereocenters. The minimum absolute atomic E-state index is 0.140. The second kappa shape index (κ2) is 10.7. The van der Waals surface area contributed by atoms with E-state index in [1.165, 1.54) is 26.4 Å². The van der Waals surface area contributed by atoms with Gasteiger partial charge in [0.2, 0.25) is 0 Å². The molecule has 0 amide bonds. The summed E-state index contributed by atoms with van der Waals surface area (Å²) in [6.07, 6.45) is -0.175. The molecule has 15 heteroatoms. The maximum absolute atomic E-state index is 14.7. The summed E-state index contributed by atoms with van der Waals surface area (Å²) in [7, 11) is 3.92. The number of hydrogen-bond acceptors (Lipinski definition) is 13. The predicted molar refractivity (Wildman–Crippen MR) is 160 cm³/mol. The van der Waals surface area contributed by atoms with Gasteiger partial charge >= 0.3 is 17.9 Å². The van der Waals surface area contributed by atoms with Crippen LogP contribution >= 0.6 is 0 Å². The van der Waals surface area contributed by atoms with Crippen LogP contribution in [0.2, 0.25) is 0 Å². The van der Waals surface area contributed by atoms with Gasteiger partial charge < -0.3 is 33.5 Å². The van der Waals surface area contributed by atoms with Gasteiger partial charge in [0.05, 0.1) is 62.6 Å². The molecule has 1 saturated heterocycles. The van der Waals surface area contributed by atoms with Crippen molar-refractivity contribution in [1.29, 1.82) is 0 Å². The lowest BCUT2D eigenvalue weighted by molar-refractivity contribution is -0.144. The zero-order valence-electron chi connectivity index (χ0n) is 25.5. The summed E-state index contributed by atoms with van der Waals surface area (Å²) >= 11 is 0. The molecule has 4 aliphatic rings. The Morgan fingerprint density at radius 3 is 2.33 bits per heavy atom. The summed E-state index contributed by atoms with van der Waals surface area (Å²) < 4.78 is 56.9.